The van der Waals surface area contributed by atoms with Gasteiger partial charge in [-0.3, -0.25) is 0 Å². The van der Waals surface area contributed by atoms with Crippen molar-refractivity contribution < 1.29 is 4.39 Å². The van der Waals surface area contributed by atoms with Gasteiger partial charge < -0.3 is 4.98 Å². The highest BCUT2D eigenvalue weighted by molar-refractivity contribution is 5.25. The van der Waals surface area contributed by atoms with Gasteiger partial charge in [-0.15, -0.1) is 0 Å². The van der Waals surface area contributed by atoms with Crippen LogP contribution in [0, 0.1) is 5.82 Å². The molecule has 0 amide bonds. The van der Waals surface area contributed by atoms with Gasteiger partial charge in [0, 0.05) is 16.5 Å². The van der Waals surface area contributed by atoms with Crippen LogP contribution < -0.4 is 0 Å². The highest BCUT2D eigenvalue weighted by Gasteiger charge is 2.25. The zero-order chi connectivity index (χ0) is 11.1. The summed E-state index contributed by atoms with van der Waals surface area (Å²) in [5.41, 5.74) is 1.47. The van der Waals surface area contributed by atoms with E-state index in [-0.39, 0.29) is 16.6 Å². The summed E-state index contributed by atoms with van der Waals surface area (Å²) in [6.07, 6.45) is 0. The standard InChI is InChI=1S/C12H20FN/c1-11(2,3)9-7-8(13)10(14-9)12(4,5)6/h7,14H,1-6H3. The van der Waals surface area contributed by atoms with Gasteiger partial charge >= 0.3 is 0 Å². The van der Waals surface area contributed by atoms with Crippen molar-refractivity contribution in [2.45, 2.75) is 52.4 Å². The maximum absolute atomic E-state index is 13.6. The third-order valence-corrected chi connectivity index (χ3v) is 2.33. The minimum atomic E-state index is -0.159. The van der Waals surface area contributed by atoms with Crippen molar-refractivity contribution in [1.29, 1.82) is 0 Å². The van der Waals surface area contributed by atoms with Crippen LogP contribution >= 0.6 is 0 Å². The Morgan fingerprint density at radius 2 is 1.50 bits per heavy atom. The van der Waals surface area contributed by atoms with Crippen molar-refractivity contribution in [2.24, 2.45) is 0 Å². The van der Waals surface area contributed by atoms with E-state index in [4.69, 9.17) is 0 Å². The van der Waals surface area contributed by atoms with Crippen LogP contribution in [-0.2, 0) is 10.8 Å². The van der Waals surface area contributed by atoms with Crippen molar-refractivity contribution in [3.63, 3.8) is 0 Å². The van der Waals surface area contributed by atoms with Crippen LogP contribution in [0.1, 0.15) is 52.9 Å². The van der Waals surface area contributed by atoms with Gasteiger partial charge in [-0.25, -0.2) is 4.39 Å². The van der Waals surface area contributed by atoms with E-state index in [1.54, 1.807) is 6.07 Å². The first-order valence-corrected chi connectivity index (χ1v) is 5.02. The number of hydrogen-bond donors (Lipinski definition) is 1. The molecular formula is C12H20FN. The zero-order valence-electron chi connectivity index (χ0n) is 9.96. The molecule has 1 heterocycles. The first-order chi connectivity index (χ1) is 6.12. The lowest BCUT2D eigenvalue weighted by molar-refractivity contribution is 0.509. The van der Waals surface area contributed by atoms with Crippen molar-refractivity contribution in [3.05, 3.63) is 23.3 Å². The quantitative estimate of drug-likeness (QED) is 0.652. The summed E-state index contributed by atoms with van der Waals surface area (Å²) in [6, 6.07) is 1.61. The third kappa shape index (κ3) is 2.17. The van der Waals surface area contributed by atoms with Crippen LogP contribution in [0.4, 0.5) is 4.39 Å². The number of H-pyrrole nitrogens is 1. The molecule has 0 aromatic carbocycles. The molecular weight excluding hydrogens is 177 g/mol. The molecule has 0 saturated heterocycles. The molecule has 1 nitrogen and oxygen atoms in total. The molecule has 0 spiro atoms. The average molecular weight is 197 g/mol. The van der Waals surface area contributed by atoms with E-state index in [1.807, 2.05) is 20.8 Å². The molecule has 1 aromatic rings. The van der Waals surface area contributed by atoms with Crippen molar-refractivity contribution in [3.8, 4) is 0 Å². The molecule has 0 bridgehead atoms. The van der Waals surface area contributed by atoms with E-state index in [9.17, 15) is 4.39 Å². The second-order valence-electron chi connectivity index (χ2n) is 5.91. The number of nitrogens with one attached hydrogen (secondary N) is 1. The molecule has 0 atom stereocenters. The average Bonchev–Trinajstić information content (AvgIpc) is 2.27. The van der Waals surface area contributed by atoms with Gasteiger partial charge in [0.1, 0.15) is 5.82 Å². The number of aromatic amines is 1. The summed E-state index contributed by atoms with van der Waals surface area (Å²) < 4.78 is 13.6. The Balaban J connectivity index is 3.19. The van der Waals surface area contributed by atoms with E-state index in [2.05, 4.69) is 25.8 Å². The fourth-order valence-electron chi connectivity index (χ4n) is 1.38. The maximum atomic E-state index is 13.6. The molecule has 14 heavy (non-hydrogen) atoms. The van der Waals surface area contributed by atoms with Crippen LogP contribution in [0.3, 0.4) is 0 Å². The number of halogens is 1. The monoisotopic (exact) mass is 197 g/mol. The molecule has 0 aliphatic carbocycles. The van der Waals surface area contributed by atoms with Gasteiger partial charge in [-0.05, 0) is 6.07 Å². The van der Waals surface area contributed by atoms with E-state index in [0.717, 1.165) is 5.69 Å². The summed E-state index contributed by atoms with van der Waals surface area (Å²) in [5, 5.41) is 0. The second-order valence-corrected chi connectivity index (χ2v) is 5.91. The van der Waals surface area contributed by atoms with Crippen molar-refractivity contribution >= 4 is 0 Å². The van der Waals surface area contributed by atoms with E-state index >= 15 is 0 Å². The molecule has 0 fully saturated rings. The van der Waals surface area contributed by atoms with Crippen LogP contribution in [0.2, 0.25) is 0 Å². The summed E-state index contributed by atoms with van der Waals surface area (Å²) in [7, 11) is 0. The van der Waals surface area contributed by atoms with Gasteiger partial charge in [-0.2, -0.15) is 0 Å². The topological polar surface area (TPSA) is 15.8 Å². The van der Waals surface area contributed by atoms with Crippen LogP contribution in [0.15, 0.2) is 6.07 Å². The van der Waals surface area contributed by atoms with Crippen LogP contribution in [0.5, 0.6) is 0 Å². The van der Waals surface area contributed by atoms with Crippen molar-refractivity contribution in [2.75, 3.05) is 0 Å². The summed E-state index contributed by atoms with van der Waals surface area (Å²) in [5.74, 6) is -0.123. The zero-order valence-corrected chi connectivity index (χ0v) is 9.96. The fourth-order valence-corrected chi connectivity index (χ4v) is 1.38. The van der Waals surface area contributed by atoms with Crippen molar-refractivity contribution in [1.82, 2.24) is 4.98 Å². The number of aromatic nitrogens is 1. The second kappa shape index (κ2) is 3.11. The largest absolute Gasteiger partial charge is 0.359 e. The fraction of sp³-hybridized carbons (Fsp3) is 0.667. The maximum Gasteiger partial charge on any atom is 0.144 e. The minimum Gasteiger partial charge on any atom is -0.359 e. The van der Waals surface area contributed by atoms with Crippen LogP contribution in [-0.4, -0.2) is 4.98 Å². The Kier molecular flexibility index (Phi) is 2.51. The Morgan fingerprint density at radius 3 is 1.71 bits per heavy atom. The Hall–Kier alpha value is -0.790. The minimum absolute atomic E-state index is 0.0235. The predicted octanol–water partition coefficient (Wildman–Crippen LogP) is 3.75. The summed E-state index contributed by atoms with van der Waals surface area (Å²) >= 11 is 0. The molecule has 0 aliphatic rings. The van der Waals surface area contributed by atoms with Gasteiger partial charge in [0.05, 0.1) is 5.69 Å². The summed E-state index contributed by atoms with van der Waals surface area (Å²) in [4.78, 5) is 3.19. The SMILES string of the molecule is CC(C)(C)c1cc(F)c(C(C)(C)C)[nH]1. The molecule has 1 aromatic heterocycles. The lowest BCUT2D eigenvalue weighted by atomic mass is 9.92. The number of rotatable bonds is 0. The Labute approximate surface area is 85.7 Å². The lowest BCUT2D eigenvalue weighted by Crippen LogP contribution is -2.16. The van der Waals surface area contributed by atoms with Gasteiger partial charge in [-0.1, -0.05) is 41.5 Å². The first-order valence-electron chi connectivity index (χ1n) is 5.02. The lowest BCUT2D eigenvalue weighted by Gasteiger charge is -2.19. The molecule has 0 radical (unpaired) electrons. The number of hydrogen-bond acceptors (Lipinski definition) is 0. The van der Waals surface area contributed by atoms with Gasteiger partial charge in [0.15, 0.2) is 0 Å². The first kappa shape index (κ1) is 11.3. The molecule has 0 aliphatic heterocycles. The smallest absolute Gasteiger partial charge is 0.144 e. The molecule has 0 saturated carbocycles. The molecule has 1 rings (SSSR count). The Bertz CT molecular complexity index is 323. The highest BCUT2D eigenvalue weighted by Crippen LogP contribution is 2.29. The van der Waals surface area contributed by atoms with Gasteiger partial charge in [0.2, 0.25) is 0 Å². The molecule has 0 unspecified atom stereocenters. The molecule has 1 N–H and O–H groups in total. The third-order valence-electron chi connectivity index (χ3n) is 2.33. The molecule has 2 heteroatoms. The van der Waals surface area contributed by atoms with E-state index < -0.39 is 0 Å². The Morgan fingerprint density at radius 1 is 1.00 bits per heavy atom. The summed E-state index contributed by atoms with van der Waals surface area (Å²) in [6.45, 7) is 12.2. The molecule has 80 valence electrons. The normalized spacial score (nSPS) is 13.4. The van der Waals surface area contributed by atoms with E-state index in [1.165, 1.54) is 0 Å². The van der Waals surface area contributed by atoms with E-state index in [0.29, 0.717) is 5.69 Å². The highest BCUT2D eigenvalue weighted by atomic mass is 19.1. The van der Waals surface area contributed by atoms with Crippen LogP contribution in [0.25, 0.3) is 0 Å². The van der Waals surface area contributed by atoms with Gasteiger partial charge in [0.25, 0.3) is 0 Å². The predicted molar refractivity (Wildman–Crippen MR) is 58.2 cm³/mol.